The Labute approximate surface area is 203 Å². The Kier molecular flexibility index (Phi) is 7.91. The first kappa shape index (κ1) is 24.1. The summed E-state index contributed by atoms with van der Waals surface area (Å²) in [6.45, 7) is 0.289. The van der Waals surface area contributed by atoms with Gasteiger partial charge in [0.1, 0.15) is 24.0 Å². The van der Waals surface area contributed by atoms with Crippen LogP contribution in [0.5, 0.6) is 5.75 Å². The monoisotopic (exact) mass is 501 g/mol. The maximum atomic E-state index is 12.5. The third-order valence-electron chi connectivity index (χ3n) is 4.38. The van der Waals surface area contributed by atoms with Crippen molar-refractivity contribution in [3.05, 3.63) is 103 Å². The van der Waals surface area contributed by atoms with E-state index >= 15 is 0 Å². The summed E-state index contributed by atoms with van der Waals surface area (Å²) >= 11 is 18.1. The van der Waals surface area contributed by atoms with E-state index in [0.29, 0.717) is 16.3 Å². The molecule has 0 fully saturated rings. The van der Waals surface area contributed by atoms with Gasteiger partial charge in [-0.1, -0.05) is 65.1 Å². The van der Waals surface area contributed by atoms with Gasteiger partial charge in [-0.05, 0) is 29.8 Å². The summed E-state index contributed by atoms with van der Waals surface area (Å²) in [5, 5.41) is 23.1. The maximum absolute atomic E-state index is 12.5. The molecular formula is C23H14Cl3N3O4. The van der Waals surface area contributed by atoms with E-state index in [9.17, 15) is 20.2 Å². The number of carbonyl (C=O) groups is 1. The Morgan fingerprint density at radius 3 is 2.27 bits per heavy atom. The zero-order chi connectivity index (χ0) is 24.0. The van der Waals surface area contributed by atoms with Gasteiger partial charge in [-0.3, -0.25) is 14.9 Å². The lowest BCUT2D eigenvalue weighted by molar-refractivity contribution is -0.384. The topological polar surface area (TPSA) is 105 Å². The summed E-state index contributed by atoms with van der Waals surface area (Å²) in [6.07, 6.45) is 1.38. The van der Waals surface area contributed by atoms with Crippen LogP contribution in [0.25, 0.3) is 6.08 Å². The molecule has 7 nitrogen and oxygen atoms in total. The minimum absolute atomic E-state index is 0.0293. The molecule has 0 atom stereocenters. The molecule has 0 aliphatic heterocycles. The van der Waals surface area contributed by atoms with E-state index in [1.54, 1.807) is 30.3 Å². The van der Waals surface area contributed by atoms with E-state index in [2.05, 4.69) is 5.32 Å². The number of ether oxygens (including phenoxy) is 1. The Bertz CT molecular complexity index is 1260. The summed E-state index contributed by atoms with van der Waals surface area (Å²) in [7, 11) is 0. The molecule has 0 heterocycles. The molecule has 0 radical (unpaired) electrons. The summed E-state index contributed by atoms with van der Waals surface area (Å²) in [5.41, 5.74) is 0.849. The van der Waals surface area contributed by atoms with E-state index in [4.69, 9.17) is 39.5 Å². The number of nitriles is 1. The molecule has 0 unspecified atom stereocenters. The number of hydrogen-bond donors (Lipinski definition) is 1. The number of non-ortho nitro benzene ring substituents is 1. The maximum Gasteiger partial charge on any atom is 0.272 e. The third-order valence-corrected chi connectivity index (χ3v) is 5.35. The smallest absolute Gasteiger partial charge is 0.272 e. The highest BCUT2D eigenvalue weighted by atomic mass is 35.5. The number of nitrogens with zero attached hydrogens (tertiary/aromatic N) is 2. The number of benzene rings is 3. The quantitative estimate of drug-likeness (QED) is 0.168. The molecule has 0 aromatic heterocycles. The summed E-state index contributed by atoms with van der Waals surface area (Å²) in [6, 6.07) is 18.0. The molecule has 0 saturated carbocycles. The number of carbonyl (C=O) groups excluding carboxylic acids is 1. The largest absolute Gasteiger partial charge is 0.489 e. The second-order valence-electron chi connectivity index (χ2n) is 6.61. The van der Waals surface area contributed by atoms with Crippen molar-refractivity contribution in [2.24, 2.45) is 0 Å². The lowest BCUT2D eigenvalue weighted by Crippen LogP contribution is -2.14. The zero-order valence-electron chi connectivity index (χ0n) is 16.7. The minimum atomic E-state index is -0.769. The van der Waals surface area contributed by atoms with Crippen molar-refractivity contribution in [2.75, 3.05) is 5.32 Å². The van der Waals surface area contributed by atoms with Crippen molar-refractivity contribution in [2.45, 2.75) is 6.61 Å². The molecule has 3 aromatic carbocycles. The van der Waals surface area contributed by atoms with Crippen LogP contribution in [0.15, 0.2) is 66.2 Å². The van der Waals surface area contributed by atoms with Gasteiger partial charge >= 0.3 is 0 Å². The number of nitro groups is 1. The SMILES string of the molecule is N#C/C(=C\c1ccc(OCc2ccccc2Cl)cc1)C(=O)Nc1c(Cl)cc([N+](=O)[O-])cc1Cl. The van der Waals surface area contributed by atoms with Crippen molar-refractivity contribution in [1.82, 2.24) is 0 Å². The van der Waals surface area contributed by atoms with E-state index in [1.165, 1.54) is 6.08 Å². The van der Waals surface area contributed by atoms with Crippen LogP contribution in [0, 0.1) is 21.4 Å². The van der Waals surface area contributed by atoms with Gasteiger partial charge in [0.05, 0.1) is 20.7 Å². The number of halogens is 3. The fourth-order valence-corrected chi connectivity index (χ4v) is 3.48. The number of nitro benzene ring substituents is 1. The average Bonchev–Trinajstić information content (AvgIpc) is 2.79. The molecule has 1 N–H and O–H groups in total. The normalized spacial score (nSPS) is 10.9. The Morgan fingerprint density at radius 2 is 1.70 bits per heavy atom. The van der Waals surface area contributed by atoms with Gasteiger partial charge in [0, 0.05) is 22.7 Å². The minimum Gasteiger partial charge on any atom is -0.489 e. The Morgan fingerprint density at radius 1 is 1.06 bits per heavy atom. The van der Waals surface area contributed by atoms with Crippen LogP contribution in [0.1, 0.15) is 11.1 Å². The van der Waals surface area contributed by atoms with Gasteiger partial charge in [-0.2, -0.15) is 5.26 Å². The molecule has 166 valence electrons. The Balaban J connectivity index is 1.71. The lowest BCUT2D eigenvalue weighted by Gasteiger charge is -2.09. The van der Waals surface area contributed by atoms with Crippen molar-refractivity contribution in [3.63, 3.8) is 0 Å². The molecule has 33 heavy (non-hydrogen) atoms. The lowest BCUT2D eigenvalue weighted by atomic mass is 10.1. The first-order valence-electron chi connectivity index (χ1n) is 9.31. The van der Waals surface area contributed by atoms with E-state index < -0.39 is 10.8 Å². The second-order valence-corrected chi connectivity index (χ2v) is 7.84. The van der Waals surface area contributed by atoms with Gasteiger partial charge in [-0.25, -0.2) is 0 Å². The summed E-state index contributed by atoms with van der Waals surface area (Å²) in [4.78, 5) is 22.8. The molecule has 1 amide bonds. The molecule has 3 aromatic rings. The second kappa shape index (κ2) is 10.8. The van der Waals surface area contributed by atoms with Crippen molar-refractivity contribution >= 4 is 58.2 Å². The third kappa shape index (κ3) is 6.24. The molecule has 0 aliphatic rings. The Hall–Kier alpha value is -3.57. The van der Waals surface area contributed by atoms with Crippen LogP contribution in [-0.4, -0.2) is 10.8 Å². The number of nitrogens with one attached hydrogen (secondary N) is 1. The molecule has 0 aliphatic carbocycles. The van der Waals surface area contributed by atoms with Crippen LogP contribution in [0.2, 0.25) is 15.1 Å². The van der Waals surface area contributed by atoms with E-state index in [-0.39, 0.29) is 33.6 Å². The highest BCUT2D eigenvalue weighted by molar-refractivity contribution is 6.40. The number of anilines is 1. The highest BCUT2D eigenvalue weighted by Crippen LogP contribution is 2.35. The number of rotatable bonds is 7. The summed E-state index contributed by atoms with van der Waals surface area (Å²) in [5.74, 6) is -0.186. The molecule has 0 spiro atoms. The predicted molar refractivity (Wildman–Crippen MR) is 128 cm³/mol. The standard InChI is InChI=1S/C23H14Cl3N3O4/c24-19-4-2-1-3-15(19)13-33-18-7-5-14(6-8-18)9-16(12-27)23(30)28-22-20(25)10-17(29(31)32)11-21(22)26/h1-11H,13H2,(H,28,30)/b16-9+. The van der Waals surface area contributed by atoms with Gasteiger partial charge in [-0.15, -0.1) is 0 Å². The summed E-state index contributed by atoms with van der Waals surface area (Å²) < 4.78 is 5.71. The fourth-order valence-electron chi connectivity index (χ4n) is 2.72. The highest BCUT2D eigenvalue weighted by Gasteiger charge is 2.18. The molecule has 0 saturated heterocycles. The van der Waals surface area contributed by atoms with E-state index in [0.717, 1.165) is 17.7 Å². The van der Waals surface area contributed by atoms with Crippen LogP contribution < -0.4 is 10.1 Å². The fraction of sp³-hybridized carbons (Fsp3) is 0.0435. The molecular weight excluding hydrogens is 489 g/mol. The van der Waals surface area contributed by atoms with Gasteiger partial charge in [0.15, 0.2) is 0 Å². The molecule has 10 heteroatoms. The van der Waals surface area contributed by atoms with Gasteiger partial charge in [0.2, 0.25) is 0 Å². The van der Waals surface area contributed by atoms with Crippen molar-refractivity contribution in [1.29, 1.82) is 5.26 Å². The van der Waals surface area contributed by atoms with Crippen LogP contribution in [0.3, 0.4) is 0 Å². The van der Waals surface area contributed by atoms with Crippen LogP contribution in [0.4, 0.5) is 11.4 Å². The first-order chi connectivity index (χ1) is 15.8. The van der Waals surface area contributed by atoms with Gasteiger partial charge in [0.25, 0.3) is 11.6 Å². The zero-order valence-corrected chi connectivity index (χ0v) is 19.0. The van der Waals surface area contributed by atoms with Crippen LogP contribution in [-0.2, 0) is 11.4 Å². The molecule has 0 bridgehead atoms. The van der Waals surface area contributed by atoms with Crippen molar-refractivity contribution < 1.29 is 14.5 Å². The van der Waals surface area contributed by atoms with Crippen LogP contribution >= 0.6 is 34.8 Å². The number of hydrogen-bond acceptors (Lipinski definition) is 5. The average molecular weight is 503 g/mol. The first-order valence-corrected chi connectivity index (χ1v) is 10.4. The van der Waals surface area contributed by atoms with E-state index in [1.807, 2.05) is 24.3 Å². The number of amides is 1. The van der Waals surface area contributed by atoms with Crippen molar-refractivity contribution in [3.8, 4) is 11.8 Å². The van der Waals surface area contributed by atoms with Gasteiger partial charge < -0.3 is 10.1 Å². The molecule has 3 rings (SSSR count). The predicted octanol–water partition coefficient (Wildman–Crippen LogP) is 6.68.